The Labute approximate surface area is 228 Å². The summed E-state index contributed by atoms with van der Waals surface area (Å²) in [5.74, 6) is 0.153. The zero-order valence-electron chi connectivity index (χ0n) is 22.5. The van der Waals surface area contributed by atoms with Crippen LogP contribution in [0.3, 0.4) is 0 Å². The summed E-state index contributed by atoms with van der Waals surface area (Å²) < 4.78 is 17.1. The molecule has 204 valence electrons. The van der Waals surface area contributed by atoms with Gasteiger partial charge in [0.15, 0.2) is 17.3 Å². The predicted molar refractivity (Wildman–Crippen MR) is 146 cm³/mol. The number of hydrogen-bond acceptors (Lipinski definition) is 7. The van der Waals surface area contributed by atoms with Crippen molar-refractivity contribution in [3.8, 4) is 17.2 Å². The summed E-state index contributed by atoms with van der Waals surface area (Å²) in [6.45, 7) is 4.41. The molecule has 0 amide bonds. The Hall–Kier alpha value is -3.61. The summed E-state index contributed by atoms with van der Waals surface area (Å²) >= 11 is 0. The first kappa shape index (κ1) is 25.7. The number of carbonyl (C=O) groups excluding carboxylic acids is 2. The summed E-state index contributed by atoms with van der Waals surface area (Å²) in [7, 11) is 0. The molecule has 6 rings (SSSR count). The van der Waals surface area contributed by atoms with Crippen molar-refractivity contribution in [3.05, 3.63) is 64.9 Å². The van der Waals surface area contributed by atoms with Gasteiger partial charge < -0.3 is 19.3 Å². The number of esters is 1. The topological polar surface area (TPSA) is 94.4 Å². The number of carbonyl (C=O) groups is 2. The average Bonchev–Trinajstić information content (AvgIpc) is 3.59. The van der Waals surface area contributed by atoms with E-state index in [9.17, 15) is 14.7 Å². The first-order valence-electron chi connectivity index (χ1n) is 14.1. The van der Waals surface area contributed by atoms with Crippen molar-refractivity contribution in [2.75, 3.05) is 6.79 Å². The molecule has 0 saturated heterocycles. The van der Waals surface area contributed by atoms with Gasteiger partial charge in [-0.25, -0.2) is 0 Å². The zero-order valence-corrected chi connectivity index (χ0v) is 22.5. The second-order valence-corrected chi connectivity index (χ2v) is 11.6. The highest BCUT2D eigenvalue weighted by molar-refractivity contribution is 6.10. The van der Waals surface area contributed by atoms with E-state index in [0.29, 0.717) is 36.3 Å². The van der Waals surface area contributed by atoms with Gasteiger partial charge in [0.05, 0.1) is 0 Å². The van der Waals surface area contributed by atoms with Crippen molar-refractivity contribution in [2.45, 2.75) is 76.7 Å². The summed E-state index contributed by atoms with van der Waals surface area (Å²) in [5.41, 5.74) is 3.83. The second kappa shape index (κ2) is 10.5. The van der Waals surface area contributed by atoms with Gasteiger partial charge >= 0.3 is 5.97 Å². The minimum atomic E-state index is -0.695. The number of allylic oxidation sites excluding steroid dienone is 2. The second-order valence-electron chi connectivity index (χ2n) is 11.6. The van der Waals surface area contributed by atoms with E-state index in [2.05, 4.69) is 13.8 Å². The number of rotatable bonds is 6. The molecule has 1 saturated carbocycles. The van der Waals surface area contributed by atoms with Crippen LogP contribution in [0.1, 0.15) is 81.8 Å². The van der Waals surface area contributed by atoms with Crippen LogP contribution in [0, 0.1) is 11.8 Å². The Bertz CT molecular complexity index is 1350. The van der Waals surface area contributed by atoms with E-state index in [4.69, 9.17) is 19.2 Å². The van der Waals surface area contributed by atoms with Gasteiger partial charge in [-0.05, 0) is 85.8 Å². The summed E-state index contributed by atoms with van der Waals surface area (Å²) in [6.07, 6.45) is 5.29. The number of hydrogen-bond donors (Lipinski definition) is 1. The van der Waals surface area contributed by atoms with Gasteiger partial charge in [-0.2, -0.15) is 0 Å². The molecule has 2 aliphatic carbocycles. The number of ketones is 1. The number of nitrogens with zero attached hydrogens (tertiary/aromatic N) is 1. The Morgan fingerprint density at radius 1 is 1.05 bits per heavy atom. The molecular formula is C32H35NO6. The number of ether oxygens (including phenoxy) is 3. The van der Waals surface area contributed by atoms with Crippen molar-refractivity contribution in [1.82, 2.24) is 0 Å². The molecule has 1 fully saturated rings. The predicted octanol–water partition coefficient (Wildman–Crippen LogP) is 6.21. The number of fused-ring (bicyclic) bond motifs is 1. The molecule has 4 aliphatic rings. The number of phenolic OH excluding ortho intramolecular Hbond substituents is 1. The smallest absolute Gasteiger partial charge is 0.315 e. The molecule has 2 unspecified atom stereocenters. The molecule has 3 atom stereocenters. The Balaban J connectivity index is 1.42. The maximum Gasteiger partial charge on any atom is 0.315 e. The van der Waals surface area contributed by atoms with Crippen LogP contribution in [0.5, 0.6) is 17.2 Å². The number of aliphatic imine (C=N–C) groups is 1. The van der Waals surface area contributed by atoms with Gasteiger partial charge in [0, 0.05) is 29.3 Å². The van der Waals surface area contributed by atoms with Crippen LogP contribution >= 0.6 is 0 Å². The molecule has 2 heterocycles. The highest BCUT2D eigenvalue weighted by Crippen LogP contribution is 2.49. The minimum Gasteiger partial charge on any atom is -0.508 e. The van der Waals surface area contributed by atoms with Gasteiger partial charge in [0.25, 0.3) is 0 Å². The summed E-state index contributed by atoms with van der Waals surface area (Å²) in [5, 5.41) is 10.4. The lowest BCUT2D eigenvalue weighted by molar-refractivity contribution is -0.151. The van der Waals surface area contributed by atoms with E-state index in [1.54, 1.807) is 18.2 Å². The van der Waals surface area contributed by atoms with Crippen molar-refractivity contribution in [2.24, 2.45) is 16.8 Å². The SMILES string of the molecule is CC(C)CC1=NC2=C(C(=O)CC(c3ccc4c(c3)OCO4)C2)[C@H](c2cccc(O)c2)C1C(=O)OC1CCCC1. The largest absolute Gasteiger partial charge is 0.508 e. The molecule has 39 heavy (non-hydrogen) atoms. The number of Topliss-reactive ketones (excluding diaryl/α,β-unsaturated/α-hetero) is 1. The van der Waals surface area contributed by atoms with E-state index >= 15 is 0 Å². The van der Waals surface area contributed by atoms with Gasteiger partial charge in [-0.1, -0.05) is 32.0 Å². The molecule has 0 spiro atoms. The normalized spacial score (nSPS) is 24.6. The third kappa shape index (κ3) is 5.07. The van der Waals surface area contributed by atoms with Gasteiger partial charge in [0.2, 0.25) is 6.79 Å². The molecule has 7 heteroatoms. The van der Waals surface area contributed by atoms with E-state index in [1.807, 2.05) is 24.3 Å². The Morgan fingerprint density at radius 3 is 2.62 bits per heavy atom. The molecule has 7 nitrogen and oxygen atoms in total. The fraction of sp³-hybridized carbons (Fsp3) is 0.469. The third-order valence-corrected chi connectivity index (χ3v) is 8.32. The lowest BCUT2D eigenvalue weighted by atomic mass is 9.68. The van der Waals surface area contributed by atoms with Gasteiger partial charge in [-0.15, -0.1) is 0 Å². The standard InChI is InChI=1S/C32H35NO6/c1-18(2)12-24-31(32(36)39-23-8-3-4-9-23)29(20-6-5-7-22(34)13-20)30-25(33-24)14-21(15-26(30)35)19-10-11-27-28(16-19)38-17-37-27/h5-7,10-11,13,16,18,21,23,29,31,34H,3-4,8-9,12,14-15,17H2,1-2H3/t21?,29-,31?/m0/s1. The molecule has 0 bridgehead atoms. The highest BCUT2D eigenvalue weighted by atomic mass is 16.7. The molecule has 2 aliphatic heterocycles. The third-order valence-electron chi connectivity index (χ3n) is 8.32. The van der Waals surface area contributed by atoms with Crippen LogP contribution in [-0.4, -0.2) is 35.5 Å². The number of benzene rings is 2. The molecule has 2 aromatic rings. The van der Waals surface area contributed by atoms with Crippen LogP contribution in [0.15, 0.2) is 58.7 Å². The molecular weight excluding hydrogens is 494 g/mol. The van der Waals surface area contributed by atoms with E-state index in [-0.39, 0.29) is 42.2 Å². The number of aromatic hydroxyl groups is 1. The van der Waals surface area contributed by atoms with Crippen LogP contribution in [-0.2, 0) is 14.3 Å². The van der Waals surface area contributed by atoms with E-state index < -0.39 is 11.8 Å². The highest BCUT2D eigenvalue weighted by Gasteiger charge is 2.46. The molecule has 0 aromatic heterocycles. The van der Waals surface area contributed by atoms with E-state index in [1.165, 1.54) is 0 Å². The molecule has 0 radical (unpaired) electrons. The number of phenols is 1. The van der Waals surface area contributed by atoms with Crippen molar-refractivity contribution in [3.63, 3.8) is 0 Å². The van der Waals surface area contributed by atoms with Crippen LogP contribution in [0.25, 0.3) is 0 Å². The first-order valence-corrected chi connectivity index (χ1v) is 14.1. The maximum absolute atomic E-state index is 14.0. The minimum absolute atomic E-state index is 0.0155. The van der Waals surface area contributed by atoms with Crippen molar-refractivity contribution in [1.29, 1.82) is 0 Å². The maximum atomic E-state index is 14.0. The van der Waals surface area contributed by atoms with Crippen molar-refractivity contribution < 1.29 is 28.9 Å². The van der Waals surface area contributed by atoms with Crippen LogP contribution < -0.4 is 9.47 Å². The summed E-state index contributed by atoms with van der Waals surface area (Å²) in [6, 6.07) is 12.8. The van der Waals surface area contributed by atoms with Crippen LogP contribution in [0.2, 0.25) is 0 Å². The fourth-order valence-electron chi connectivity index (χ4n) is 6.56. The van der Waals surface area contributed by atoms with Crippen molar-refractivity contribution >= 4 is 17.5 Å². The Kier molecular flexibility index (Phi) is 6.92. The lowest BCUT2D eigenvalue weighted by Gasteiger charge is -2.38. The molecule has 2 aromatic carbocycles. The quantitative estimate of drug-likeness (QED) is 0.447. The first-order chi connectivity index (χ1) is 18.9. The Morgan fingerprint density at radius 2 is 1.85 bits per heavy atom. The van der Waals surface area contributed by atoms with Gasteiger partial charge in [0.1, 0.15) is 17.8 Å². The lowest BCUT2D eigenvalue weighted by Crippen LogP contribution is -2.40. The fourth-order valence-corrected chi connectivity index (χ4v) is 6.56. The average molecular weight is 530 g/mol. The summed E-state index contributed by atoms with van der Waals surface area (Å²) in [4.78, 5) is 32.9. The van der Waals surface area contributed by atoms with Crippen LogP contribution in [0.4, 0.5) is 0 Å². The van der Waals surface area contributed by atoms with Gasteiger partial charge in [-0.3, -0.25) is 14.6 Å². The monoisotopic (exact) mass is 529 g/mol. The molecule has 1 N–H and O–H groups in total. The zero-order chi connectivity index (χ0) is 27.1. The van der Waals surface area contributed by atoms with E-state index in [0.717, 1.165) is 48.2 Å².